The standard InChI is InChI=1S/C16H23N3O7/c1-8-7-19(16(26)18-15(8)25)10-6-5-9(13(23)14(10)24)17-11(20)3-2-4-12(21)22/h7,9-10,13-14,23-24H,2-6H2,1H3,(H,17,20)(H,21,22)(H,18,25,26)/t9-,10-,13-,14-/m1/s1. The molecule has 5 N–H and O–H groups in total. The molecule has 1 amide bonds. The molecule has 1 aliphatic carbocycles. The van der Waals surface area contributed by atoms with Crippen LogP contribution in [-0.2, 0) is 9.59 Å². The van der Waals surface area contributed by atoms with E-state index >= 15 is 0 Å². The van der Waals surface area contributed by atoms with Gasteiger partial charge in [-0.2, -0.15) is 0 Å². The number of carboxylic acid groups (broad SMARTS) is 1. The molecule has 0 bridgehead atoms. The molecule has 1 aromatic rings. The lowest BCUT2D eigenvalue weighted by atomic mass is 9.85. The van der Waals surface area contributed by atoms with Gasteiger partial charge in [-0.3, -0.25) is 23.9 Å². The maximum Gasteiger partial charge on any atom is 0.328 e. The maximum absolute atomic E-state index is 12.0. The molecule has 1 saturated carbocycles. The van der Waals surface area contributed by atoms with Gasteiger partial charge < -0.3 is 20.6 Å². The molecule has 0 aliphatic heterocycles. The van der Waals surface area contributed by atoms with Gasteiger partial charge in [0.15, 0.2) is 0 Å². The number of aromatic amines is 1. The zero-order chi connectivity index (χ0) is 19.4. The van der Waals surface area contributed by atoms with Gasteiger partial charge in [-0.25, -0.2) is 4.79 Å². The highest BCUT2D eigenvalue weighted by atomic mass is 16.4. The third-order valence-corrected chi connectivity index (χ3v) is 4.57. The molecule has 1 heterocycles. The second-order valence-electron chi connectivity index (χ2n) is 6.53. The molecule has 10 heteroatoms. The summed E-state index contributed by atoms with van der Waals surface area (Å²) >= 11 is 0. The number of nitrogens with zero attached hydrogens (tertiary/aromatic N) is 1. The lowest BCUT2D eigenvalue weighted by Crippen LogP contribution is -2.55. The molecule has 0 saturated heterocycles. The number of aryl methyl sites for hydroxylation is 1. The predicted molar refractivity (Wildman–Crippen MR) is 89.8 cm³/mol. The number of aliphatic hydroxyl groups excluding tert-OH is 2. The zero-order valence-corrected chi connectivity index (χ0v) is 14.3. The molecule has 0 spiro atoms. The Hall–Kier alpha value is -2.46. The number of aliphatic hydroxyl groups is 2. The van der Waals surface area contributed by atoms with Crippen LogP contribution in [0.4, 0.5) is 0 Å². The van der Waals surface area contributed by atoms with Crippen LogP contribution in [0.15, 0.2) is 15.8 Å². The highest BCUT2D eigenvalue weighted by molar-refractivity contribution is 5.77. The molecule has 0 radical (unpaired) electrons. The van der Waals surface area contributed by atoms with Crippen molar-refractivity contribution in [3.05, 3.63) is 32.6 Å². The number of carbonyl (C=O) groups excluding carboxylic acids is 1. The number of rotatable bonds is 6. The smallest absolute Gasteiger partial charge is 0.328 e. The number of hydrogen-bond acceptors (Lipinski definition) is 6. The van der Waals surface area contributed by atoms with Crippen molar-refractivity contribution in [2.45, 2.75) is 63.3 Å². The summed E-state index contributed by atoms with van der Waals surface area (Å²) in [6.45, 7) is 1.53. The van der Waals surface area contributed by atoms with E-state index in [4.69, 9.17) is 5.11 Å². The van der Waals surface area contributed by atoms with E-state index in [1.165, 1.54) is 17.7 Å². The monoisotopic (exact) mass is 369 g/mol. The van der Waals surface area contributed by atoms with Gasteiger partial charge >= 0.3 is 11.7 Å². The Kier molecular flexibility index (Phi) is 6.32. The van der Waals surface area contributed by atoms with Gasteiger partial charge in [0.2, 0.25) is 5.91 Å². The van der Waals surface area contributed by atoms with E-state index < -0.39 is 47.4 Å². The Labute approximate surface area is 148 Å². The van der Waals surface area contributed by atoms with Gasteiger partial charge in [0.25, 0.3) is 5.56 Å². The van der Waals surface area contributed by atoms with E-state index in [1.54, 1.807) is 0 Å². The number of amides is 1. The minimum absolute atomic E-state index is 0.00756. The fourth-order valence-electron chi connectivity index (χ4n) is 3.13. The molecule has 26 heavy (non-hydrogen) atoms. The minimum atomic E-state index is -1.31. The highest BCUT2D eigenvalue weighted by Crippen LogP contribution is 2.28. The maximum atomic E-state index is 12.0. The first-order chi connectivity index (χ1) is 12.2. The first-order valence-corrected chi connectivity index (χ1v) is 8.40. The fourth-order valence-corrected chi connectivity index (χ4v) is 3.13. The summed E-state index contributed by atoms with van der Waals surface area (Å²) in [6.07, 6.45) is -0.573. The van der Waals surface area contributed by atoms with E-state index in [-0.39, 0.29) is 19.3 Å². The van der Waals surface area contributed by atoms with E-state index in [1.807, 2.05) is 0 Å². The molecular formula is C16H23N3O7. The van der Waals surface area contributed by atoms with Crippen molar-refractivity contribution in [3.63, 3.8) is 0 Å². The number of H-pyrrole nitrogens is 1. The molecule has 1 aliphatic rings. The highest BCUT2D eigenvalue weighted by Gasteiger charge is 2.39. The fraction of sp³-hybridized carbons (Fsp3) is 0.625. The van der Waals surface area contributed by atoms with Crippen molar-refractivity contribution in [1.29, 1.82) is 0 Å². The number of aliphatic carboxylic acids is 1. The second kappa shape index (κ2) is 8.28. The van der Waals surface area contributed by atoms with E-state index in [0.29, 0.717) is 18.4 Å². The van der Waals surface area contributed by atoms with E-state index in [0.717, 1.165) is 0 Å². The predicted octanol–water partition coefficient (Wildman–Crippen LogP) is -1.36. The molecule has 0 unspecified atom stereocenters. The summed E-state index contributed by atoms with van der Waals surface area (Å²) in [4.78, 5) is 47.9. The van der Waals surface area contributed by atoms with Crippen molar-refractivity contribution >= 4 is 11.9 Å². The third kappa shape index (κ3) is 4.58. The summed E-state index contributed by atoms with van der Waals surface area (Å²) in [6, 6.07) is -1.42. The van der Waals surface area contributed by atoms with Crippen molar-refractivity contribution in [3.8, 4) is 0 Å². The average Bonchev–Trinajstić information content (AvgIpc) is 2.55. The van der Waals surface area contributed by atoms with Crippen molar-refractivity contribution < 1.29 is 24.9 Å². The summed E-state index contributed by atoms with van der Waals surface area (Å²) < 4.78 is 1.19. The Morgan fingerprint density at radius 3 is 2.58 bits per heavy atom. The normalized spacial score (nSPS) is 25.7. The van der Waals surface area contributed by atoms with Crippen LogP contribution in [0.1, 0.15) is 43.7 Å². The number of hydrogen-bond donors (Lipinski definition) is 5. The minimum Gasteiger partial charge on any atom is -0.481 e. The third-order valence-electron chi connectivity index (χ3n) is 4.57. The average molecular weight is 369 g/mol. The lowest BCUT2D eigenvalue weighted by Gasteiger charge is -2.38. The van der Waals surface area contributed by atoms with Crippen molar-refractivity contribution in [1.82, 2.24) is 14.9 Å². The number of nitrogens with one attached hydrogen (secondary N) is 2. The van der Waals surface area contributed by atoms with Crippen LogP contribution in [0, 0.1) is 6.92 Å². The van der Waals surface area contributed by atoms with Gasteiger partial charge in [-0.05, 0) is 26.2 Å². The van der Waals surface area contributed by atoms with E-state index in [2.05, 4.69) is 10.3 Å². The molecule has 1 fully saturated rings. The first kappa shape index (κ1) is 19.9. The van der Waals surface area contributed by atoms with Gasteiger partial charge in [-0.15, -0.1) is 0 Å². The first-order valence-electron chi connectivity index (χ1n) is 8.40. The van der Waals surface area contributed by atoms with Crippen LogP contribution >= 0.6 is 0 Å². The van der Waals surface area contributed by atoms with E-state index in [9.17, 15) is 29.4 Å². The summed E-state index contributed by atoms with van der Waals surface area (Å²) in [7, 11) is 0. The Balaban J connectivity index is 2.02. The largest absolute Gasteiger partial charge is 0.481 e. The molecule has 1 aromatic heterocycles. The van der Waals surface area contributed by atoms with Gasteiger partial charge in [0, 0.05) is 24.6 Å². The molecule has 4 atom stereocenters. The summed E-state index contributed by atoms with van der Waals surface area (Å²) in [5, 5.41) is 31.8. The van der Waals surface area contributed by atoms with Crippen LogP contribution in [0.2, 0.25) is 0 Å². The van der Waals surface area contributed by atoms with Crippen LogP contribution in [0.5, 0.6) is 0 Å². The number of carbonyl (C=O) groups is 2. The Bertz CT molecular complexity index is 785. The SMILES string of the molecule is Cc1cn([C@@H]2CC[C@@H](NC(=O)CCCC(=O)O)[C@@H](O)[C@@H]2O)c(=O)[nH]c1=O. The van der Waals surface area contributed by atoms with Crippen LogP contribution in [0.25, 0.3) is 0 Å². The molecular weight excluding hydrogens is 346 g/mol. The van der Waals surface area contributed by atoms with Crippen molar-refractivity contribution in [2.75, 3.05) is 0 Å². The summed E-state index contributed by atoms with van der Waals surface area (Å²) in [5.74, 6) is -1.39. The lowest BCUT2D eigenvalue weighted by molar-refractivity contribution is -0.137. The number of carboxylic acids is 1. The second-order valence-corrected chi connectivity index (χ2v) is 6.53. The van der Waals surface area contributed by atoms with Gasteiger partial charge in [-0.1, -0.05) is 0 Å². The van der Waals surface area contributed by atoms with Gasteiger partial charge in [0.05, 0.1) is 12.1 Å². The quantitative estimate of drug-likeness (QED) is 0.414. The van der Waals surface area contributed by atoms with Crippen LogP contribution in [-0.4, -0.2) is 55.0 Å². The molecule has 0 aromatic carbocycles. The molecule has 10 nitrogen and oxygen atoms in total. The molecule has 2 rings (SSSR count). The van der Waals surface area contributed by atoms with Crippen molar-refractivity contribution in [2.24, 2.45) is 0 Å². The van der Waals surface area contributed by atoms with Crippen LogP contribution < -0.4 is 16.6 Å². The Morgan fingerprint density at radius 2 is 1.92 bits per heavy atom. The zero-order valence-electron chi connectivity index (χ0n) is 14.3. The summed E-state index contributed by atoms with van der Waals surface area (Å²) in [5.41, 5.74) is -0.878. The number of aromatic nitrogens is 2. The molecule has 144 valence electrons. The topological polar surface area (TPSA) is 162 Å². The van der Waals surface area contributed by atoms with Crippen LogP contribution in [0.3, 0.4) is 0 Å². The van der Waals surface area contributed by atoms with Gasteiger partial charge in [0.1, 0.15) is 12.2 Å². The Morgan fingerprint density at radius 1 is 1.23 bits per heavy atom.